The van der Waals surface area contributed by atoms with Crippen LogP contribution in [0.25, 0.3) is 11.0 Å². The first-order valence-electron chi connectivity index (χ1n) is 8.24. The molecule has 0 N–H and O–H groups in total. The van der Waals surface area contributed by atoms with E-state index in [0.29, 0.717) is 5.92 Å². The largest absolute Gasteiger partial charge is 0.493 e. The number of nitrogens with zero attached hydrogens (tertiary/aromatic N) is 1. The van der Waals surface area contributed by atoms with Crippen molar-refractivity contribution in [2.24, 2.45) is 0 Å². The van der Waals surface area contributed by atoms with Gasteiger partial charge in [-0.2, -0.15) is 0 Å². The number of hydrogen-bond acceptors (Lipinski definition) is 3. The maximum Gasteiger partial charge on any atom is 0.133 e. The second-order valence-electron chi connectivity index (χ2n) is 6.17. The quantitative estimate of drug-likeness (QED) is 0.641. The van der Waals surface area contributed by atoms with Crippen LogP contribution in [0.15, 0.2) is 53.1 Å². The van der Waals surface area contributed by atoms with E-state index in [4.69, 9.17) is 9.15 Å². The van der Waals surface area contributed by atoms with Crippen LogP contribution in [0.1, 0.15) is 31.2 Å². The van der Waals surface area contributed by atoms with Crippen molar-refractivity contribution in [3.05, 3.63) is 54.3 Å². The number of hydrogen-bond donors (Lipinski definition) is 0. The molecular formula is C20H21NO2. The number of rotatable bonds is 3. The summed E-state index contributed by atoms with van der Waals surface area (Å²) in [6.07, 6.45) is 4.02. The third-order valence-electron chi connectivity index (χ3n) is 4.86. The van der Waals surface area contributed by atoms with Crippen molar-refractivity contribution in [1.29, 1.82) is 0 Å². The van der Waals surface area contributed by atoms with Crippen LogP contribution >= 0.6 is 0 Å². The van der Waals surface area contributed by atoms with Gasteiger partial charge in [0.15, 0.2) is 0 Å². The summed E-state index contributed by atoms with van der Waals surface area (Å²) >= 11 is 0. The van der Waals surface area contributed by atoms with Gasteiger partial charge in [-0.15, -0.1) is 0 Å². The summed E-state index contributed by atoms with van der Waals surface area (Å²) in [6.45, 7) is 3.07. The van der Waals surface area contributed by atoms with Gasteiger partial charge in [0.25, 0.3) is 0 Å². The Kier molecular flexibility index (Phi) is 3.49. The minimum absolute atomic E-state index is 0.625. The minimum atomic E-state index is 0.625. The maximum absolute atomic E-state index is 5.90. The van der Waals surface area contributed by atoms with Crippen LogP contribution in [0.4, 0.5) is 11.4 Å². The molecule has 1 aromatic heterocycles. The van der Waals surface area contributed by atoms with Gasteiger partial charge in [0, 0.05) is 29.9 Å². The van der Waals surface area contributed by atoms with E-state index in [1.807, 2.05) is 12.1 Å². The zero-order valence-corrected chi connectivity index (χ0v) is 13.6. The van der Waals surface area contributed by atoms with E-state index in [-0.39, 0.29) is 0 Å². The molecule has 4 rings (SSSR count). The van der Waals surface area contributed by atoms with Crippen molar-refractivity contribution in [1.82, 2.24) is 0 Å². The molecule has 0 fully saturated rings. The molecule has 0 radical (unpaired) electrons. The van der Waals surface area contributed by atoms with E-state index in [1.165, 1.54) is 12.0 Å². The highest BCUT2D eigenvalue weighted by atomic mass is 16.5. The molecule has 1 aliphatic rings. The van der Waals surface area contributed by atoms with Crippen molar-refractivity contribution in [2.75, 3.05) is 18.6 Å². The third-order valence-corrected chi connectivity index (χ3v) is 4.86. The Morgan fingerprint density at radius 2 is 1.91 bits per heavy atom. The summed E-state index contributed by atoms with van der Waals surface area (Å²) in [4.78, 5) is 2.19. The predicted octanol–water partition coefficient (Wildman–Crippen LogP) is 5.48. The minimum Gasteiger partial charge on any atom is -0.493 e. The second-order valence-corrected chi connectivity index (χ2v) is 6.17. The van der Waals surface area contributed by atoms with Gasteiger partial charge in [-0.1, -0.05) is 13.0 Å². The molecule has 23 heavy (non-hydrogen) atoms. The molecule has 0 saturated heterocycles. The van der Waals surface area contributed by atoms with E-state index in [9.17, 15) is 0 Å². The van der Waals surface area contributed by atoms with Crippen LogP contribution in [-0.2, 0) is 0 Å². The highest BCUT2D eigenvalue weighted by Gasteiger charge is 2.21. The lowest BCUT2D eigenvalue weighted by Crippen LogP contribution is -2.15. The van der Waals surface area contributed by atoms with Crippen LogP contribution in [0, 0.1) is 0 Å². The molecule has 1 aliphatic heterocycles. The summed E-state index contributed by atoms with van der Waals surface area (Å²) < 4.78 is 11.3. The molecule has 0 amide bonds. The van der Waals surface area contributed by atoms with E-state index < -0.39 is 0 Å². The average molecular weight is 307 g/mol. The highest BCUT2D eigenvalue weighted by Crippen LogP contribution is 2.39. The Balaban J connectivity index is 1.69. The molecule has 3 nitrogen and oxygen atoms in total. The van der Waals surface area contributed by atoms with Crippen LogP contribution in [-0.4, -0.2) is 13.7 Å². The number of furan rings is 1. The second kappa shape index (κ2) is 5.65. The van der Waals surface area contributed by atoms with E-state index >= 15 is 0 Å². The first-order chi connectivity index (χ1) is 11.3. The molecule has 118 valence electrons. The number of ether oxygens (including phenoxy) is 1. The van der Waals surface area contributed by atoms with Crippen molar-refractivity contribution in [3.8, 4) is 5.75 Å². The first kappa shape index (κ1) is 14.2. The Morgan fingerprint density at radius 3 is 2.78 bits per heavy atom. The van der Waals surface area contributed by atoms with Gasteiger partial charge in [0.05, 0.1) is 12.9 Å². The average Bonchev–Trinajstić information content (AvgIpc) is 3.07. The summed E-state index contributed by atoms with van der Waals surface area (Å²) in [5, 5.41) is 1.12. The van der Waals surface area contributed by atoms with Crippen LogP contribution in [0.2, 0.25) is 0 Å². The normalized spacial score (nSPS) is 16.9. The zero-order chi connectivity index (χ0) is 15.8. The molecule has 3 heteroatoms. The van der Waals surface area contributed by atoms with E-state index in [1.54, 1.807) is 6.26 Å². The molecule has 2 aromatic carbocycles. The van der Waals surface area contributed by atoms with Crippen LogP contribution in [0.3, 0.4) is 0 Å². The highest BCUT2D eigenvalue weighted by molar-refractivity contribution is 5.83. The lowest BCUT2D eigenvalue weighted by molar-refractivity contribution is 0.265. The number of anilines is 2. The van der Waals surface area contributed by atoms with Crippen molar-refractivity contribution in [2.45, 2.75) is 25.7 Å². The van der Waals surface area contributed by atoms with Gasteiger partial charge < -0.3 is 14.1 Å². The lowest BCUT2D eigenvalue weighted by atomic mass is 9.91. The summed E-state index contributed by atoms with van der Waals surface area (Å²) in [7, 11) is 2.09. The van der Waals surface area contributed by atoms with Crippen molar-refractivity contribution < 1.29 is 9.15 Å². The molecule has 0 bridgehead atoms. The molecule has 3 aromatic rings. The predicted molar refractivity (Wildman–Crippen MR) is 93.9 cm³/mol. The van der Waals surface area contributed by atoms with Gasteiger partial charge >= 0.3 is 0 Å². The molecular weight excluding hydrogens is 286 g/mol. The maximum atomic E-state index is 5.90. The van der Waals surface area contributed by atoms with Crippen LogP contribution in [0.5, 0.6) is 5.75 Å². The van der Waals surface area contributed by atoms with Gasteiger partial charge in [-0.25, -0.2) is 0 Å². The Hall–Kier alpha value is -2.42. The zero-order valence-electron chi connectivity index (χ0n) is 13.6. The number of benzene rings is 2. The lowest BCUT2D eigenvalue weighted by Gasteiger charge is -2.27. The van der Waals surface area contributed by atoms with Crippen LogP contribution < -0.4 is 9.64 Å². The molecule has 0 aliphatic carbocycles. The Labute approximate surface area is 136 Å². The fourth-order valence-electron chi connectivity index (χ4n) is 3.40. The molecule has 0 saturated carbocycles. The van der Waals surface area contributed by atoms with Crippen molar-refractivity contribution >= 4 is 22.3 Å². The summed E-state index contributed by atoms with van der Waals surface area (Å²) in [5.74, 6) is 1.66. The fraction of sp³-hybridized carbons (Fsp3) is 0.300. The molecule has 0 unspecified atom stereocenters. The van der Waals surface area contributed by atoms with Gasteiger partial charge in [0.2, 0.25) is 0 Å². The van der Waals surface area contributed by atoms with E-state index in [2.05, 4.69) is 49.2 Å². The standard InChI is InChI=1S/C20H21NO2/c1-3-14-8-10-23-20-13-17(4-6-18(14)20)21(2)16-5-7-19-15(12-16)9-11-22-19/h4-7,9,11-14H,3,8,10H2,1-2H3/t14-/m1/s1. The topological polar surface area (TPSA) is 25.6 Å². The van der Waals surface area contributed by atoms with E-state index in [0.717, 1.165) is 41.1 Å². The fourth-order valence-corrected chi connectivity index (χ4v) is 3.40. The van der Waals surface area contributed by atoms with Crippen molar-refractivity contribution in [3.63, 3.8) is 0 Å². The smallest absolute Gasteiger partial charge is 0.133 e. The summed E-state index contributed by atoms with van der Waals surface area (Å²) in [6, 6.07) is 14.8. The SMILES string of the molecule is CC[C@@H]1CCOc2cc(N(C)c3ccc4occc4c3)ccc21. The van der Waals surface area contributed by atoms with Gasteiger partial charge in [-0.3, -0.25) is 0 Å². The molecule has 1 atom stereocenters. The Morgan fingerprint density at radius 1 is 1.09 bits per heavy atom. The first-order valence-corrected chi connectivity index (χ1v) is 8.24. The Bertz CT molecular complexity index is 837. The number of fused-ring (bicyclic) bond motifs is 2. The monoisotopic (exact) mass is 307 g/mol. The van der Waals surface area contributed by atoms with Gasteiger partial charge in [-0.05, 0) is 54.7 Å². The van der Waals surface area contributed by atoms with Gasteiger partial charge in [0.1, 0.15) is 11.3 Å². The third kappa shape index (κ3) is 2.46. The summed E-state index contributed by atoms with van der Waals surface area (Å²) in [5.41, 5.74) is 4.55. The molecule has 0 spiro atoms. The molecule has 2 heterocycles.